The highest BCUT2D eigenvalue weighted by Gasteiger charge is 2.32. The number of fused-ring (bicyclic) bond motifs is 1. The summed E-state index contributed by atoms with van der Waals surface area (Å²) in [7, 11) is 0. The fourth-order valence-corrected chi connectivity index (χ4v) is 4.06. The van der Waals surface area contributed by atoms with Gasteiger partial charge < -0.3 is 0 Å². The first-order valence-electron chi connectivity index (χ1n) is 8.41. The van der Waals surface area contributed by atoms with E-state index in [4.69, 9.17) is 12.2 Å². The second-order valence-corrected chi connectivity index (χ2v) is 8.02. The van der Waals surface area contributed by atoms with E-state index in [-0.39, 0.29) is 28.7 Å². The van der Waals surface area contributed by atoms with Crippen molar-refractivity contribution in [2.24, 2.45) is 4.99 Å². The van der Waals surface area contributed by atoms with Crippen molar-refractivity contribution in [2.45, 2.75) is 13.5 Å². The number of rotatable bonds is 2. The Hall–Kier alpha value is -2.86. The number of nitrogens with zero attached hydrogens (tertiary/aromatic N) is 2. The fraction of sp³-hybridized carbons (Fsp3) is 0.0952. The van der Waals surface area contributed by atoms with E-state index in [1.54, 1.807) is 24.3 Å². The molecule has 0 N–H and O–H groups in total. The number of hydrogen-bond donors (Lipinski definition) is 0. The molecule has 4 nitrogen and oxygen atoms in total. The van der Waals surface area contributed by atoms with Crippen LogP contribution in [0.1, 0.15) is 11.1 Å². The van der Waals surface area contributed by atoms with Gasteiger partial charge in [-0.3, -0.25) is 14.5 Å². The smallest absolute Gasteiger partial charge is 0.285 e. The Labute approximate surface area is 169 Å². The molecule has 2 aromatic rings. The Morgan fingerprint density at radius 3 is 2.68 bits per heavy atom. The lowest BCUT2D eigenvalue weighted by atomic mass is 10.1. The van der Waals surface area contributed by atoms with E-state index < -0.39 is 5.91 Å². The average molecular weight is 408 g/mol. The first-order chi connectivity index (χ1) is 13.4. The van der Waals surface area contributed by atoms with Crippen LogP contribution in [0.3, 0.4) is 0 Å². The number of hydrogen-bond acceptors (Lipinski definition) is 4. The Morgan fingerprint density at radius 1 is 1.18 bits per heavy atom. The van der Waals surface area contributed by atoms with E-state index in [0.29, 0.717) is 9.68 Å². The molecule has 138 valence electrons. The van der Waals surface area contributed by atoms with E-state index in [1.165, 1.54) is 17.0 Å². The summed E-state index contributed by atoms with van der Waals surface area (Å²) in [5.41, 5.74) is 4.92. The highest BCUT2D eigenvalue weighted by Crippen LogP contribution is 2.32. The van der Waals surface area contributed by atoms with E-state index in [2.05, 4.69) is 10.7 Å². The molecule has 7 heteroatoms. The molecule has 1 saturated heterocycles. The molecule has 0 atom stereocenters. The van der Waals surface area contributed by atoms with Crippen molar-refractivity contribution in [1.29, 1.82) is 0 Å². The van der Waals surface area contributed by atoms with Crippen LogP contribution in [0.5, 0.6) is 0 Å². The van der Waals surface area contributed by atoms with Crippen molar-refractivity contribution in [3.05, 3.63) is 86.2 Å². The topological polar surface area (TPSA) is 49.7 Å². The summed E-state index contributed by atoms with van der Waals surface area (Å²) in [6.07, 6.45) is 1.68. The monoisotopic (exact) mass is 408 g/mol. The zero-order chi connectivity index (χ0) is 19.8. The van der Waals surface area contributed by atoms with Crippen molar-refractivity contribution < 1.29 is 14.0 Å². The summed E-state index contributed by atoms with van der Waals surface area (Å²) in [6, 6.07) is 11.5. The minimum absolute atomic E-state index is 0.223. The van der Waals surface area contributed by atoms with Gasteiger partial charge in [-0.1, -0.05) is 41.7 Å². The summed E-state index contributed by atoms with van der Waals surface area (Å²) in [4.78, 5) is 30.8. The first-order valence-corrected chi connectivity index (χ1v) is 9.64. The Morgan fingerprint density at radius 2 is 1.93 bits per heavy atom. The van der Waals surface area contributed by atoms with Gasteiger partial charge in [-0.25, -0.2) is 9.38 Å². The molecule has 0 unspecified atom stereocenters. The maximum Gasteiger partial charge on any atom is 0.285 e. The molecule has 2 aliphatic heterocycles. The molecule has 1 fully saturated rings. The van der Waals surface area contributed by atoms with Crippen LogP contribution in [-0.4, -0.2) is 21.0 Å². The van der Waals surface area contributed by atoms with Crippen LogP contribution in [-0.2, 0) is 16.1 Å². The minimum Gasteiger partial charge on any atom is -0.288 e. The molecule has 4 rings (SSSR count). The lowest BCUT2D eigenvalue weighted by molar-refractivity contribution is -0.122. The van der Waals surface area contributed by atoms with Gasteiger partial charge in [0, 0.05) is 5.22 Å². The number of carbonyl (C=O) groups excluding carboxylic acids is 2. The van der Waals surface area contributed by atoms with Gasteiger partial charge in [0.1, 0.15) is 15.0 Å². The van der Waals surface area contributed by atoms with Gasteiger partial charge in [0.05, 0.1) is 17.5 Å². The lowest BCUT2D eigenvalue weighted by Gasteiger charge is -2.14. The molecule has 2 amide bonds. The van der Waals surface area contributed by atoms with E-state index in [1.807, 2.05) is 19.1 Å². The summed E-state index contributed by atoms with van der Waals surface area (Å²) < 4.78 is 13.4. The van der Waals surface area contributed by atoms with Gasteiger partial charge in [0.2, 0.25) is 0 Å². The number of thiocarbonyl (C=S) groups is 1. The SMILES string of the molecule is Cc1ccc2c(c1)=CC(=C=C1SC(=S)N(Cc3ccc(F)cc3)C1=O)C(=O)N=2. The maximum absolute atomic E-state index is 13.1. The zero-order valence-corrected chi connectivity index (χ0v) is 16.4. The third-order valence-electron chi connectivity index (χ3n) is 4.29. The molecule has 2 aliphatic rings. The van der Waals surface area contributed by atoms with Crippen molar-refractivity contribution in [2.75, 3.05) is 0 Å². The second-order valence-electron chi connectivity index (χ2n) is 6.38. The number of amides is 2. The van der Waals surface area contributed by atoms with Gasteiger partial charge in [0.15, 0.2) is 0 Å². The average Bonchev–Trinajstić information content (AvgIpc) is 2.92. The number of benzene rings is 2. The second kappa shape index (κ2) is 7.28. The molecule has 0 aliphatic carbocycles. The number of aryl methyl sites for hydroxylation is 1. The van der Waals surface area contributed by atoms with Crippen molar-refractivity contribution >= 4 is 46.2 Å². The molecule has 0 spiro atoms. The standard InChI is InChI=1S/C21H13FN2O2S2/c1-12-2-7-17-14(8-12)9-15(19(25)23-17)10-18-20(26)24(21(27)28-18)11-13-3-5-16(22)6-4-13/h2-9H,11H2,1H3. The predicted molar refractivity (Wildman–Crippen MR) is 109 cm³/mol. The molecule has 0 saturated carbocycles. The van der Waals surface area contributed by atoms with E-state index >= 15 is 0 Å². The van der Waals surface area contributed by atoms with Gasteiger partial charge >= 0.3 is 0 Å². The molecule has 0 bridgehead atoms. The normalized spacial score (nSPS) is 15.9. The van der Waals surface area contributed by atoms with Crippen LogP contribution >= 0.6 is 24.0 Å². The lowest BCUT2D eigenvalue weighted by Crippen LogP contribution is -2.30. The Balaban J connectivity index is 1.70. The Bertz CT molecular complexity index is 1230. The number of thioether (sulfide) groups is 1. The quantitative estimate of drug-likeness (QED) is 0.435. The van der Waals surface area contributed by atoms with Crippen molar-refractivity contribution in [3.63, 3.8) is 0 Å². The highest BCUT2D eigenvalue weighted by molar-refractivity contribution is 8.26. The molecule has 0 radical (unpaired) electrons. The van der Waals surface area contributed by atoms with Crippen LogP contribution in [0.4, 0.5) is 4.39 Å². The maximum atomic E-state index is 13.1. The molecule has 0 aromatic heterocycles. The largest absolute Gasteiger partial charge is 0.288 e. The highest BCUT2D eigenvalue weighted by atomic mass is 32.2. The predicted octanol–water partition coefficient (Wildman–Crippen LogP) is 2.54. The molecule has 28 heavy (non-hydrogen) atoms. The zero-order valence-electron chi connectivity index (χ0n) is 14.7. The van der Waals surface area contributed by atoms with Crippen LogP contribution in [0.25, 0.3) is 6.08 Å². The summed E-state index contributed by atoms with van der Waals surface area (Å²) in [5, 5.41) is 1.41. The van der Waals surface area contributed by atoms with E-state index in [0.717, 1.165) is 28.1 Å². The van der Waals surface area contributed by atoms with Crippen molar-refractivity contribution in [1.82, 2.24) is 4.90 Å². The number of halogens is 1. The summed E-state index contributed by atoms with van der Waals surface area (Å²) in [5.74, 6) is -1.12. The fourth-order valence-electron chi connectivity index (χ4n) is 2.87. The summed E-state index contributed by atoms with van der Waals surface area (Å²) >= 11 is 6.39. The van der Waals surface area contributed by atoms with Gasteiger partial charge in [-0.2, -0.15) is 0 Å². The number of carbonyl (C=O) groups is 2. The molecular formula is C21H13FN2O2S2. The molecular weight excluding hydrogens is 395 g/mol. The Kier molecular flexibility index (Phi) is 4.81. The van der Waals surface area contributed by atoms with Crippen LogP contribution < -0.4 is 10.6 Å². The first kappa shape index (κ1) is 18.5. The third-order valence-corrected chi connectivity index (χ3v) is 5.63. The van der Waals surface area contributed by atoms with E-state index in [9.17, 15) is 14.0 Å². The minimum atomic E-state index is -0.444. The third kappa shape index (κ3) is 3.60. The molecule has 2 aromatic carbocycles. The van der Waals surface area contributed by atoms with Crippen LogP contribution in [0.2, 0.25) is 0 Å². The van der Waals surface area contributed by atoms with Crippen LogP contribution in [0, 0.1) is 12.7 Å². The van der Waals surface area contributed by atoms with Gasteiger partial charge in [-0.05, 0) is 54.6 Å². The van der Waals surface area contributed by atoms with Crippen molar-refractivity contribution in [3.8, 4) is 0 Å². The van der Waals surface area contributed by atoms with Gasteiger partial charge in [-0.15, -0.1) is 0 Å². The summed E-state index contributed by atoms with van der Waals surface area (Å²) in [6.45, 7) is 2.18. The van der Waals surface area contributed by atoms with Crippen LogP contribution in [0.15, 0.2) is 63.7 Å². The molecule has 2 heterocycles. The van der Waals surface area contributed by atoms with Gasteiger partial charge in [0.25, 0.3) is 11.8 Å².